The Morgan fingerprint density at radius 2 is 1.65 bits per heavy atom. The van der Waals surface area contributed by atoms with Crippen LogP contribution in [0.5, 0.6) is 0 Å². The average molecular weight is 359 g/mol. The van der Waals surface area contributed by atoms with Crippen LogP contribution in [0.25, 0.3) is 0 Å². The molecule has 1 aliphatic heterocycles. The van der Waals surface area contributed by atoms with E-state index in [1.807, 2.05) is 0 Å². The second-order valence-electron chi connectivity index (χ2n) is 11.7. The van der Waals surface area contributed by atoms with Crippen LogP contribution in [0.3, 0.4) is 0 Å². The zero-order chi connectivity index (χ0) is 18.3. The van der Waals surface area contributed by atoms with Crippen LogP contribution >= 0.6 is 0 Å². The molecule has 0 amide bonds. The van der Waals surface area contributed by atoms with E-state index < -0.39 is 0 Å². The van der Waals surface area contributed by atoms with Crippen LogP contribution in [0.4, 0.5) is 0 Å². The van der Waals surface area contributed by atoms with E-state index in [0.717, 1.165) is 41.7 Å². The van der Waals surface area contributed by atoms with Crippen LogP contribution in [-0.4, -0.2) is 49.6 Å². The molecule has 26 heavy (non-hydrogen) atoms. The number of likely N-dealkylation sites (tertiary alicyclic amines) is 1. The third kappa shape index (κ3) is 2.24. The maximum Gasteiger partial charge on any atom is 0.00982 e. The zero-order valence-corrected chi connectivity index (χ0v) is 18.0. The summed E-state index contributed by atoms with van der Waals surface area (Å²) in [6, 6.07) is 1.68. The Morgan fingerprint density at radius 3 is 2.42 bits per heavy atom. The van der Waals surface area contributed by atoms with Crippen molar-refractivity contribution in [1.82, 2.24) is 9.80 Å². The number of rotatable bonds is 1. The fourth-order valence-corrected chi connectivity index (χ4v) is 9.51. The van der Waals surface area contributed by atoms with E-state index in [2.05, 4.69) is 44.8 Å². The van der Waals surface area contributed by atoms with Crippen LogP contribution in [-0.2, 0) is 0 Å². The fraction of sp³-hybridized carbons (Fsp3) is 1.00. The summed E-state index contributed by atoms with van der Waals surface area (Å²) in [5.74, 6) is 5.17. The van der Waals surface area contributed by atoms with Gasteiger partial charge in [-0.15, -0.1) is 0 Å². The molecule has 0 N–H and O–H groups in total. The minimum atomic E-state index is 0.658. The molecule has 2 nitrogen and oxygen atoms in total. The molecule has 4 aliphatic carbocycles. The topological polar surface area (TPSA) is 6.48 Å². The zero-order valence-electron chi connectivity index (χ0n) is 18.0. The molecule has 5 rings (SSSR count). The highest BCUT2D eigenvalue weighted by atomic mass is 15.2. The molecule has 5 aliphatic rings. The number of fused-ring (bicyclic) bond motifs is 4. The highest BCUT2D eigenvalue weighted by Crippen LogP contribution is 2.69. The molecule has 0 aromatic heterocycles. The smallest absolute Gasteiger partial charge is 0.00982 e. The molecule has 0 unspecified atom stereocenters. The summed E-state index contributed by atoms with van der Waals surface area (Å²) in [6.45, 7) is 6.67. The summed E-state index contributed by atoms with van der Waals surface area (Å²) >= 11 is 0. The van der Waals surface area contributed by atoms with Crippen molar-refractivity contribution in [2.75, 3.05) is 27.7 Å². The van der Waals surface area contributed by atoms with Crippen LogP contribution in [0.1, 0.15) is 71.6 Å². The van der Waals surface area contributed by atoms with Crippen molar-refractivity contribution in [3.05, 3.63) is 0 Å². The van der Waals surface area contributed by atoms with Gasteiger partial charge in [0.05, 0.1) is 0 Å². The number of nitrogens with zero attached hydrogens (tertiary/aromatic N) is 2. The first-order chi connectivity index (χ1) is 12.4. The molecule has 9 atom stereocenters. The molecule has 4 saturated carbocycles. The molecule has 0 aromatic carbocycles. The molecule has 0 radical (unpaired) electrons. The van der Waals surface area contributed by atoms with Gasteiger partial charge in [0, 0.05) is 18.6 Å². The van der Waals surface area contributed by atoms with Crippen molar-refractivity contribution in [1.29, 1.82) is 0 Å². The molecule has 0 aromatic rings. The van der Waals surface area contributed by atoms with Gasteiger partial charge in [0.15, 0.2) is 0 Å². The lowest BCUT2D eigenvalue weighted by Crippen LogP contribution is -2.55. The lowest BCUT2D eigenvalue weighted by molar-refractivity contribution is -0.118. The molecule has 1 heterocycles. The van der Waals surface area contributed by atoms with Crippen molar-refractivity contribution in [2.24, 2.45) is 40.4 Å². The monoisotopic (exact) mass is 358 g/mol. The molecular weight excluding hydrogens is 316 g/mol. The van der Waals surface area contributed by atoms with Gasteiger partial charge in [-0.3, -0.25) is 0 Å². The molecular formula is C24H42N2. The van der Waals surface area contributed by atoms with Crippen LogP contribution in [0, 0.1) is 40.4 Å². The van der Waals surface area contributed by atoms with E-state index in [9.17, 15) is 0 Å². The molecule has 5 fully saturated rings. The third-order valence-corrected chi connectivity index (χ3v) is 11.0. The van der Waals surface area contributed by atoms with Gasteiger partial charge in [0.2, 0.25) is 0 Å². The van der Waals surface area contributed by atoms with E-state index >= 15 is 0 Å². The van der Waals surface area contributed by atoms with Gasteiger partial charge in [0.1, 0.15) is 0 Å². The SMILES string of the molecule is C[C@H]1[C@H]2CC[C@H]3[C@@H]4CC[C@@H]5C[C@@H](N(C)C)CC[C@]5(C)[C@H]4CC[C@]23CN1C. The normalized spacial score (nSPS) is 56.8. The molecule has 0 bridgehead atoms. The predicted octanol–water partition coefficient (Wildman–Crippen LogP) is 4.89. The molecule has 148 valence electrons. The highest BCUT2D eigenvalue weighted by Gasteiger charge is 2.64. The first-order valence-corrected chi connectivity index (χ1v) is 11.7. The van der Waals surface area contributed by atoms with E-state index in [4.69, 9.17) is 0 Å². The van der Waals surface area contributed by atoms with E-state index in [0.29, 0.717) is 10.8 Å². The van der Waals surface area contributed by atoms with E-state index in [1.165, 1.54) is 38.6 Å². The Kier molecular flexibility index (Phi) is 4.12. The second-order valence-corrected chi connectivity index (χ2v) is 11.7. The first-order valence-electron chi connectivity index (χ1n) is 11.7. The second kappa shape index (κ2) is 5.96. The largest absolute Gasteiger partial charge is 0.306 e. The van der Waals surface area contributed by atoms with Gasteiger partial charge >= 0.3 is 0 Å². The maximum atomic E-state index is 2.73. The van der Waals surface area contributed by atoms with Gasteiger partial charge in [-0.05, 0) is 126 Å². The Balaban J connectivity index is 1.41. The summed E-state index contributed by atoms with van der Waals surface area (Å²) in [4.78, 5) is 5.23. The minimum absolute atomic E-state index is 0.658. The number of hydrogen-bond donors (Lipinski definition) is 0. The van der Waals surface area contributed by atoms with Crippen LogP contribution in [0.2, 0.25) is 0 Å². The maximum absolute atomic E-state index is 2.73. The lowest BCUT2D eigenvalue weighted by atomic mass is 9.44. The summed E-state index contributed by atoms with van der Waals surface area (Å²) in [6.07, 6.45) is 13.7. The van der Waals surface area contributed by atoms with Crippen molar-refractivity contribution >= 4 is 0 Å². The number of hydrogen-bond acceptors (Lipinski definition) is 2. The summed E-state index contributed by atoms with van der Waals surface area (Å²) in [7, 11) is 7.02. The highest BCUT2D eigenvalue weighted by molar-refractivity contribution is 5.15. The fourth-order valence-electron chi connectivity index (χ4n) is 9.51. The van der Waals surface area contributed by atoms with Crippen LogP contribution in [0.15, 0.2) is 0 Å². The summed E-state index contributed by atoms with van der Waals surface area (Å²) in [5.41, 5.74) is 1.37. The van der Waals surface area contributed by atoms with Gasteiger partial charge in [0.25, 0.3) is 0 Å². The summed E-state index contributed by atoms with van der Waals surface area (Å²) in [5, 5.41) is 0. The Hall–Kier alpha value is -0.0800. The van der Waals surface area contributed by atoms with Crippen molar-refractivity contribution in [3.8, 4) is 0 Å². The molecule has 1 spiro atoms. The van der Waals surface area contributed by atoms with Crippen molar-refractivity contribution in [3.63, 3.8) is 0 Å². The first kappa shape index (κ1) is 18.0. The Morgan fingerprint density at radius 1 is 0.885 bits per heavy atom. The standard InChI is InChI=1S/C24H42N2/c1-16-20-8-9-22-19-7-6-17-14-18(25(3)4)10-12-23(17,2)21(19)11-13-24(20,22)15-26(16)5/h16-22H,6-15H2,1-5H3/t16-,17+,18-,19+,20+,21-,22-,23-,24-/m0/s1. The van der Waals surface area contributed by atoms with E-state index in [1.54, 1.807) is 25.7 Å². The summed E-state index contributed by atoms with van der Waals surface area (Å²) < 4.78 is 0. The minimum Gasteiger partial charge on any atom is -0.306 e. The average Bonchev–Trinajstić information content (AvgIpc) is 3.08. The van der Waals surface area contributed by atoms with Gasteiger partial charge in [-0.1, -0.05) is 6.92 Å². The van der Waals surface area contributed by atoms with Crippen molar-refractivity contribution < 1.29 is 0 Å². The van der Waals surface area contributed by atoms with Crippen molar-refractivity contribution in [2.45, 2.75) is 83.7 Å². The third-order valence-electron chi connectivity index (χ3n) is 11.0. The quantitative estimate of drug-likeness (QED) is 0.658. The molecule has 1 saturated heterocycles. The van der Waals surface area contributed by atoms with Gasteiger partial charge in [-0.2, -0.15) is 0 Å². The van der Waals surface area contributed by atoms with Gasteiger partial charge in [-0.25, -0.2) is 0 Å². The predicted molar refractivity (Wildman–Crippen MR) is 109 cm³/mol. The van der Waals surface area contributed by atoms with Crippen LogP contribution < -0.4 is 0 Å². The Labute approximate surface area is 162 Å². The molecule has 2 heteroatoms. The lowest BCUT2D eigenvalue weighted by Gasteiger charge is -2.61. The van der Waals surface area contributed by atoms with E-state index in [-0.39, 0.29) is 0 Å². The Bertz CT molecular complexity index is 558. The van der Waals surface area contributed by atoms with Gasteiger partial charge < -0.3 is 9.80 Å².